The van der Waals surface area contributed by atoms with Crippen LogP contribution in [0.25, 0.3) is 0 Å². The number of nitriles is 1. The molecule has 18 heavy (non-hydrogen) atoms. The molecule has 1 aromatic rings. The summed E-state index contributed by atoms with van der Waals surface area (Å²) in [5, 5.41) is 9.14. The van der Waals surface area contributed by atoms with Gasteiger partial charge in [-0.05, 0) is 18.9 Å². The Morgan fingerprint density at radius 2 is 2.50 bits per heavy atom. The minimum atomic E-state index is -0.340. The van der Waals surface area contributed by atoms with Gasteiger partial charge in [0.05, 0.1) is 17.7 Å². The number of ether oxygens (including phenoxy) is 1. The van der Waals surface area contributed by atoms with Crippen LogP contribution < -0.4 is 4.90 Å². The van der Waals surface area contributed by atoms with E-state index in [0.717, 1.165) is 12.8 Å². The molecular formula is C12H12ClN3O2. The summed E-state index contributed by atoms with van der Waals surface area (Å²) in [4.78, 5) is 17.6. The van der Waals surface area contributed by atoms with Crippen LogP contribution in [0.2, 0.25) is 5.02 Å². The van der Waals surface area contributed by atoms with Crippen LogP contribution >= 0.6 is 11.6 Å². The summed E-state index contributed by atoms with van der Waals surface area (Å²) in [7, 11) is 1.37. The molecule has 1 saturated heterocycles. The normalized spacial score (nSPS) is 18.5. The van der Waals surface area contributed by atoms with Crippen molar-refractivity contribution in [1.82, 2.24) is 4.98 Å². The summed E-state index contributed by atoms with van der Waals surface area (Å²) >= 11 is 6.09. The molecule has 1 aliphatic rings. The molecule has 1 aliphatic heterocycles. The quantitative estimate of drug-likeness (QED) is 0.762. The van der Waals surface area contributed by atoms with Crippen molar-refractivity contribution in [2.45, 2.75) is 18.9 Å². The molecule has 0 saturated carbocycles. The average molecular weight is 266 g/mol. The fourth-order valence-electron chi connectivity index (χ4n) is 2.10. The minimum absolute atomic E-state index is 0.283. The van der Waals surface area contributed by atoms with E-state index in [4.69, 9.17) is 21.6 Å². The number of halogens is 1. The number of pyridine rings is 1. The van der Waals surface area contributed by atoms with Crippen LogP contribution in [0.5, 0.6) is 0 Å². The third-order valence-electron chi connectivity index (χ3n) is 2.95. The predicted molar refractivity (Wildman–Crippen MR) is 66.3 cm³/mol. The molecule has 0 amide bonds. The van der Waals surface area contributed by atoms with Gasteiger partial charge in [-0.2, -0.15) is 5.26 Å². The lowest BCUT2D eigenvalue weighted by Gasteiger charge is -2.24. The number of anilines is 1. The van der Waals surface area contributed by atoms with E-state index in [-0.39, 0.29) is 12.0 Å². The zero-order chi connectivity index (χ0) is 13.1. The van der Waals surface area contributed by atoms with E-state index >= 15 is 0 Å². The van der Waals surface area contributed by atoms with E-state index in [0.29, 0.717) is 22.9 Å². The van der Waals surface area contributed by atoms with Gasteiger partial charge in [0.25, 0.3) is 0 Å². The first-order valence-electron chi connectivity index (χ1n) is 5.57. The molecule has 94 valence electrons. The molecule has 0 aromatic carbocycles. The summed E-state index contributed by atoms with van der Waals surface area (Å²) in [6.45, 7) is 0.707. The second kappa shape index (κ2) is 5.23. The summed E-state index contributed by atoms with van der Waals surface area (Å²) in [5.74, 6) is 0.248. The summed E-state index contributed by atoms with van der Waals surface area (Å²) in [5.41, 5.74) is 0.401. The van der Waals surface area contributed by atoms with E-state index in [9.17, 15) is 4.79 Å². The molecule has 1 atom stereocenters. The Hall–Kier alpha value is -1.80. The zero-order valence-corrected chi connectivity index (χ0v) is 10.6. The van der Waals surface area contributed by atoms with Gasteiger partial charge in [-0.15, -0.1) is 0 Å². The molecule has 2 heterocycles. The number of nitrogens with zero attached hydrogens (tertiary/aromatic N) is 3. The van der Waals surface area contributed by atoms with E-state index in [2.05, 4.69) is 4.98 Å². The van der Waals surface area contributed by atoms with Gasteiger partial charge in [0.1, 0.15) is 17.9 Å². The number of carbonyl (C=O) groups excluding carboxylic acids is 1. The number of esters is 1. The maximum atomic E-state index is 11.6. The van der Waals surface area contributed by atoms with Crippen molar-refractivity contribution in [3.05, 3.63) is 22.8 Å². The summed E-state index contributed by atoms with van der Waals surface area (Å²) < 4.78 is 4.77. The number of aromatic nitrogens is 1. The van der Waals surface area contributed by atoms with Crippen molar-refractivity contribution < 1.29 is 9.53 Å². The van der Waals surface area contributed by atoms with E-state index < -0.39 is 0 Å². The van der Waals surface area contributed by atoms with E-state index in [1.165, 1.54) is 13.3 Å². The maximum Gasteiger partial charge on any atom is 0.328 e. The molecule has 1 unspecified atom stereocenters. The first kappa shape index (κ1) is 12.7. The summed E-state index contributed by atoms with van der Waals surface area (Å²) in [6, 6.07) is 3.19. The topological polar surface area (TPSA) is 66.2 Å². The third kappa shape index (κ3) is 2.24. The number of rotatable bonds is 2. The lowest BCUT2D eigenvalue weighted by molar-refractivity contribution is -0.141. The number of hydrogen-bond acceptors (Lipinski definition) is 5. The van der Waals surface area contributed by atoms with Gasteiger partial charge in [0, 0.05) is 12.7 Å². The molecule has 1 fully saturated rings. The Kier molecular flexibility index (Phi) is 3.68. The van der Waals surface area contributed by atoms with Crippen LogP contribution in [0.15, 0.2) is 12.3 Å². The molecule has 0 bridgehead atoms. The van der Waals surface area contributed by atoms with Crippen LogP contribution in [0.3, 0.4) is 0 Å². The second-order valence-electron chi connectivity index (χ2n) is 4.02. The van der Waals surface area contributed by atoms with E-state index in [1.807, 2.05) is 11.0 Å². The first-order chi connectivity index (χ1) is 8.67. The number of hydrogen-bond donors (Lipinski definition) is 0. The molecule has 0 spiro atoms. The predicted octanol–water partition coefficient (Wildman–Crippen LogP) is 1.75. The highest BCUT2D eigenvalue weighted by Crippen LogP contribution is 2.30. The fraction of sp³-hybridized carbons (Fsp3) is 0.417. The van der Waals surface area contributed by atoms with Gasteiger partial charge in [-0.1, -0.05) is 11.6 Å². The lowest BCUT2D eigenvalue weighted by Crippen LogP contribution is -2.37. The van der Waals surface area contributed by atoms with Crippen LogP contribution in [0.1, 0.15) is 18.4 Å². The van der Waals surface area contributed by atoms with Crippen molar-refractivity contribution in [2.24, 2.45) is 0 Å². The van der Waals surface area contributed by atoms with Crippen LogP contribution in [-0.2, 0) is 9.53 Å². The molecule has 5 nitrogen and oxygen atoms in total. The minimum Gasteiger partial charge on any atom is -0.467 e. The van der Waals surface area contributed by atoms with Gasteiger partial charge in [-0.25, -0.2) is 9.78 Å². The van der Waals surface area contributed by atoms with Gasteiger partial charge >= 0.3 is 5.97 Å². The summed E-state index contributed by atoms with van der Waals surface area (Å²) in [6.07, 6.45) is 3.07. The van der Waals surface area contributed by atoms with Crippen molar-refractivity contribution in [2.75, 3.05) is 18.6 Å². The van der Waals surface area contributed by atoms with Crippen molar-refractivity contribution in [3.63, 3.8) is 0 Å². The number of carbonyl (C=O) groups is 1. The fourth-order valence-corrected chi connectivity index (χ4v) is 2.38. The standard InChI is InChI=1S/C12H12ClN3O2/c1-18-12(17)10-3-2-4-16(10)11-9(13)5-8(6-14)7-15-11/h5,7,10H,2-4H2,1H3. The van der Waals surface area contributed by atoms with Gasteiger partial charge in [0.2, 0.25) is 0 Å². The molecule has 0 N–H and O–H groups in total. The van der Waals surface area contributed by atoms with Crippen molar-refractivity contribution >= 4 is 23.4 Å². The largest absolute Gasteiger partial charge is 0.467 e. The third-order valence-corrected chi connectivity index (χ3v) is 3.23. The highest BCUT2D eigenvalue weighted by atomic mass is 35.5. The van der Waals surface area contributed by atoms with Crippen LogP contribution in [0.4, 0.5) is 5.82 Å². The van der Waals surface area contributed by atoms with Crippen LogP contribution in [-0.4, -0.2) is 30.6 Å². The molecule has 2 rings (SSSR count). The first-order valence-corrected chi connectivity index (χ1v) is 5.95. The second-order valence-corrected chi connectivity index (χ2v) is 4.42. The molecular weight excluding hydrogens is 254 g/mol. The highest BCUT2D eigenvalue weighted by Gasteiger charge is 2.33. The Morgan fingerprint density at radius 3 is 3.11 bits per heavy atom. The molecule has 1 aromatic heterocycles. The monoisotopic (exact) mass is 265 g/mol. The van der Waals surface area contributed by atoms with Crippen molar-refractivity contribution in [3.8, 4) is 6.07 Å². The average Bonchev–Trinajstić information content (AvgIpc) is 2.86. The Labute approximate surface area is 110 Å². The Balaban J connectivity index is 2.31. The lowest BCUT2D eigenvalue weighted by atomic mass is 10.2. The molecule has 0 radical (unpaired) electrons. The maximum absolute atomic E-state index is 11.6. The Morgan fingerprint density at radius 1 is 1.72 bits per heavy atom. The van der Waals surface area contributed by atoms with E-state index in [1.54, 1.807) is 6.07 Å². The van der Waals surface area contributed by atoms with Gasteiger partial charge < -0.3 is 9.64 Å². The van der Waals surface area contributed by atoms with Gasteiger partial charge in [0.15, 0.2) is 0 Å². The highest BCUT2D eigenvalue weighted by molar-refractivity contribution is 6.33. The molecule has 0 aliphatic carbocycles. The zero-order valence-electron chi connectivity index (χ0n) is 9.89. The van der Waals surface area contributed by atoms with Gasteiger partial charge in [-0.3, -0.25) is 0 Å². The SMILES string of the molecule is COC(=O)C1CCCN1c1ncc(C#N)cc1Cl. The smallest absolute Gasteiger partial charge is 0.328 e. The molecule has 6 heteroatoms. The Bertz CT molecular complexity index is 513. The van der Waals surface area contributed by atoms with Crippen molar-refractivity contribution in [1.29, 1.82) is 5.26 Å². The van der Waals surface area contributed by atoms with Crippen LogP contribution in [0, 0.1) is 11.3 Å². The number of methoxy groups -OCH3 is 1.